The van der Waals surface area contributed by atoms with Crippen LogP contribution >= 0.6 is 0 Å². The summed E-state index contributed by atoms with van der Waals surface area (Å²) in [6.45, 7) is 2.05. The van der Waals surface area contributed by atoms with Crippen molar-refractivity contribution in [1.82, 2.24) is 30.1 Å². The quantitative estimate of drug-likeness (QED) is 0.389. The van der Waals surface area contributed by atoms with Crippen molar-refractivity contribution in [3.8, 4) is 22.9 Å². The largest absolute Gasteiger partial charge is 0.438 e. The topological polar surface area (TPSA) is 119 Å². The van der Waals surface area contributed by atoms with Gasteiger partial charge in [-0.1, -0.05) is 18.2 Å². The summed E-state index contributed by atoms with van der Waals surface area (Å²) in [6.07, 6.45) is 4.76. The molecule has 0 aliphatic heterocycles. The maximum atomic E-state index is 6.09. The molecule has 5 aromatic rings. The van der Waals surface area contributed by atoms with Crippen molar-refractivity contribution in [3.05, 3.63) is 91.0 Å². The normalized spacial score (nSPS) is 10.7. The van der Waals surface area contributed by atoms with Crippen LogP contribution in [0.15, 0.2) is 85.5 Å². The lowest BCUT2D eigenvalue weighted by atomic mass is 10.1. The molecule has 0 unspecified atom stereocenters. The summed E-state index contributed by atoms with van der Waals surface area (Å²) in [4.78, 5) is 19.0. The fourth-order valence-electron chi connectivity index (χ4n) is 3.46. The average Bonchev–Trinajstić information content (AvgIpc) is 3.36. The third-order valence-electron chi connectivity index (χ3n) is 5.00. The Balaban J connectivity index is 1.47. The highest BCUT2D eigenvalue weighted by Crippen LogP contribution is 2.36. The number of nitrogens with zero attached hydrogens (tertiary/aromatic N) is 6. The van der Waals surface area contributed by atoms with Gasteiger partial charge < -0.3 is 10.5 Å². The number of nitrogen functional groups attached to an aromatic ring is 1. The van der Waals surface area contributed by atoms with Crippen molar-refractivity contribution in [1.29, 1.82) is 0 Å². The Morgan fingerprint density at radius 2 is 1.73 bits per heavy atom. The molecule has 3 N–H and O–H groups in total. The van der Waals surface area contributed by atoms with Gasteiger partial charge in [0.15, 0.2) is 0 Å². The second-order valence-electron chi connectivity index (χ2n) is 7.18. The van der Waals surface area contributed by atoms with Crippen molar-refractivity contribution in [3.63, 3.8) is 0 Å². The van der Waals surface area contributed by atoms with Gasteiger partial charge in [-0.05, 0) is 61.0 Å². The van der Waals surface area contributed by atoms with Crippen LogP contribution in [0.2, 0.25) is 0 Å². The number of hydrogen-bond acceptors (Lipinski definition) is 8. The van der Waals surface area contributed by atoms with Crippen molar-refractivity contribution in [2.24, 2.45) is 0 Å². The van der Waals surface area contributed by atoms with Gasteiger partial charge in [0.2, 0.25) is 17.8 Å². The lowest BCUT2D eigenvalue weighted by Gasteiger charge is -2.23. The van der Waals surface area contributed by atoms with Crippen LogP contribution in [0.3, 0.4) is 0 Å². The molecule has 162 valence electrons. The van der Waals surface area contributed by atoms with Crippen molar-refractivity contribution < 1.29 is 4.74 Å². The highest BCUT2D eigenvalue weighted by Gasteiger charge is 2.17. The molecule has 9 heteroatoms. The van der Waals surface area contributed by atoms with Gasteiger partial charge in [0.05, 0.1) is 16.9 Å². The van der Waals surface area contributed by atoms with Gasteiger partial charge >= 0.3 is 0 Å². The molecular weight excluding hydrogens is 416 g/mol. The second kappa shape index (κ2) is 8.75. The molecule has 0 bridgehead atoms. The summed E-state index contributed by atoms with van der Waals surface area (Å²) < 4.78 is 6.09. The van der Waals surface area contributed by atoms with Crippen LogP contribution in [0.25, 0.3) is 11.3 Å². The first-order valence-electron chi connectivity index (χ1n) is 10.2. The van der Waals surface area contributed by atoms with E-state index in [1.165, 1.54) is 6.33 Å². The Morgan fingerprint density at radius 1 is 0.879 bits per heavy atom. The Kier molecular flexibility index (Phi) is 5.34. The number of anilines is 4. The first kappa shape index (κ1) is 20.1. The molecule has 0 amide bonds. The summed E-state index contributed by atoms with van der Waals surface area (Å²) in [5.41, 5.74) is 10.1. The standard InChI is InChI=1S/C24H20N8O/c1-16-5-2-3-7-21(16)32(24-28-15-29-31-24)17-8-10-18(11-9-17)33-22-19(6-4-13-26-22)20-12-14-27-23(25)30-20/h2-15H,1H3,(H2,25,27,30)(H,28,29,31). The molecule has 33 heavy (non-hydrogen) atoms. The number of nitrogens with two attached hydrogens (primary N) is 1. The molecule has 0 aliphatic carbocycles. The number of pyridine rings is 1. The molecule has 5 rings (SSSR count). The zero-order valence-corrected chi connectivity index (χ0v) is 17.8. The predicted octanol–water partition coefficient (Wildman–Crippen LogP) is 4.81. The molecule has 0 spiro atoms. The first-order chi connectivity index (χ1) is 16.2. The van der Waals surface area contributed by atoms with Gasteiger partial charge in [-0.15, -0.1) is 0 Å². The van der Waals surface area contributed by atoms with Gasteiger partial charge in [-0.25, -0.2) is 20.1 Å². The Bertz CT molecular complexity index is 1370. The van der Waals surface area contributed by atoms with Gasteiger partial charge in [0.1, 0.15) is 12.1 Å². The second-order valence-corrected chi connectivity index (χ2v) is 7.18. The third kappa shape index (κ3) is 4.19. The molecule has 9 nitrogen and oxygen atoms in total. The summed E-state index contributed by atoms with van der Waals surface area (Å²) in [6, 6.07) is 21.2. The average molecular weight is 436 g/mol. The van der Waals surface area contributed by atoms with E-state index in [9.17, 15) is 0 Å². The van der Waals surface area contributed by atoms with Crippen LogP contribution < -0.4 is 15.4 Å². The van der Waals surface area contributed by atoms with Gasteiger partial charge in [-0.2, -0.15) is 10.1 Å². The van der Waals surface area contributed by atoms with Crippen LogP contribution in [-0.2, 0) is 0 Å². The molecule has 0 saturated heterocycles. The molecule has 0 aliphatic rings. The van der Waals surface area contributed by atoms with E-state index in [1.807, 2.05) is 59.5 Å². The molecule has 0 saturated carbocycles. The van der Waals surface area contributed by atoms with Crippen LogP contribution in [0.1, 0.15) is 5.56 Å². The van der Waals surface area contributed by atoms with Gasteiger partial charge in [-0.3, -0.25) is 4.90 Å². The van der Waals surface area contributed by atoms with Crippen LogP contribution in [0.4, 0.5) is 23.3 Å². The Hall–Kier alpha value is -4.79. The van der Waals surface area contributed by atoms with Crippen LogP contribution in [0, 0.1) is 6.92 Å². The zero-order chi connectivity index (χ0) is 22.6. The van der Waals surface area contributed by atoms with Crippen LogP contribution in [0.5, 0.6) is 11.6 Å². The number of aromatic amines is 1. The summed E-state index contributed by atoms with van der Waals surface area (Å²) in [5.74, 6) is 1.86. The highest BCUT2D eigenvalue weighted by molar-refractivity contribution is 5.75. The summed E-state index contributed by atoms with van der Waals surface area (Å²) in [7, 11) is 0. The molecular formula is C24H20N8O. The number of rotatable bonds is 6. The number of hydrogen-bond donors (Lipinski definition) is 2. The zero-order valence-electron chi connectivity index (χ0n) is 17.8. The number of aryl methyl sites for hydroxylation is 1. The summed E-state index contributed by atoms with van der Waals surface area (Å²) in [5, 5.41) is 6.96. The summed E-state index contributed by atoms with van der Waals surface area (Å²) >= 11 is 0. The van der Waals surface area contributed by atoms with Gasteiger partial charge in [0, 0.05) is 18.1 Å². The minimum absolute atomic E-state index is 0.190. The van der Waals surface area contributed by atoms with E-state index in [2.05, 4.69) is 43.1 Å². The van der Waals surface area contributed by atoms with E-state index < -0.39 is 0 Å². The molecule has 0 radical (unpaired) electrons. The van der Waals surface area contributed by atoms with Crippen molar-refractivity contribution in [2.45, 2.75) is 6.92 Å². The monoisotopic (exact) mass is 436 g/mol. The minimum Gasteiger partial charge on any atom is -0.438 e. The molecule has 0 atom stereocenters. The number of benzene rings is 2. The first-order valence-corrected chi connectivity index (χ1v) is 10.2. The Morgan fingerprint density at radius 3 is 2.48 bits per heavy atom. The van der Waals surface area contributed by atoms with Crippen molar-refractivity contribution in [2.75, 3.05) is 10.6 Å². The highest BCUT2D eigenvalue weighted by atomic mass is 16.5. The van der Waals surface area contributed by atoms with E-state index in [1.54, 1.807) is 18.5 Å². The van der Waals surface area contributed by atoms with Crippen molar-refractivity contribution >= 4 is 23.3 Å². The molecule has 3 heterocycles. The molecule has 3 aromatic heterocycles. The lowest BCUT2D eigenvalue weighted by Crippen LogP contribution is -2.12. The minimum atomic E-state index is 0.190. The van der Waals surface area contributed by atoms with E-state index in [4.69, 9.17) is 10.5 Å². The van der Waals surface area contributed by atoms with E-state index in [-0.39, 0.29) is 5.95 Å². The SMILES string of the molecule is Cc1ccccc1N(c1ccc(Oc2ncccc2-c2ccnc(N)n2)cc1)c1ncn[nH]1. The predicted molar refractivity (Wildman–Crippen MR) is 126 cm³/mol. The van der Waals surface area contributed by atoms with Gasteiger partial charge in [0.25, 0.3) is 0 Å². The van der Waals surface area contributed by atoms with E-state index in [0.717, 1.165) is 22.5 Å². The molecule has 0 fully saturated rings. The van der Waals surface area contributed by atoms with Crippen LogP contribution in [-0.4, -0.2) is 30.1 Å². The van der Waals surface area contributed by atoms with E-state index in [0.29, 0.717) is 23.3 Å². The maximum Gasteiger partial charge on any atom is 0.230 e. The number of H-pyrrole nitrogens is 1. The fraction of sp³-hybridized carbons (Fsp3) is 0.0417. The Labute approximate surface area is 190 Å². The third-order valence-corrected chi connectivity index (χ3v) is 5.00. The molecule has 2 aromatic carbocycles. The lowest BCUT2D eigenvalue weighted by molar-refractivity contribution is 0.465. The number of para-hydroxylation sites is 1. The maximum absolute atomic E-state index is 6.09. The number of ether oxygens (including phenoxy) is 1. The fourth-order valence-corrected chi connectivity index (χ4v) is 3.46. The number of aromatic nitrogens is 6. The smallest absolute Gasteiger partial charge is 0.230 e. The number of nitrogens with one attached hydrogen (secondary N) is 1. The van der Waals surface area contributed by atoms with E-state index >= 15 is 0 Å².